The largest absolute Gasteiger partial charge is 0.387 e. The van der Waals surface area contributed by atoms with Crippen molar-refractivity contribution >= 4 is 50.5 Å². The maximum Gasteiger partial charge on any atom is 0.263 e. The van der Waals surface area contributed by atoms with E-state index in [1.165, 1.54) is 10.5 Å². The summed E-state index contributed by atoms with van der Waals surface area (Å²) in [6.45, 7) is 2.84. The molecule has 4 N–H and O–H groups in total. The molecule has 0 aliphatic rings. The number of benzene rings is 1. The van der Waals surface area contributed by atoms with Gasteiger partial charge in [0.2, 0.25) is 0 Å². The smallest absolute Gasteiger partial charge is 0.263 e. The average Bonchev–Trinajstić information content (AvgIpc) is 2.34. The zero-order valence-corrected chi connectivity index (χ0v) is 14.3. The molecule has 114 valence electrons. The summed E-state index contributed by atoms with van der Waals surface area (Å²) < 4.78 is 24.0. The third-order valence-corrected chi connectivity index (χ3v) is 3.17. The Bertz CT molecular complexity index is 507. The van der Waals surface area contributed by atoms with Gasteiger partial charge in [0.25, 0.3) is 9.05 Å². The topological polar surface area (TPSA) is 95.9 Å². The van der Waals surface area contributed by atoms with E-state index in [0.717, 1.165) is 12.3 Å². The molecule has 0 radical (unpaired) electrons. The molecule has 0 aliphatic heterocycles. The van der Waals surface area contributed by atoms with Crippen LogP contribution in [0.1, 0.15) is 5.56 Å². The van der Waals surface area contributed by atoms with Crippen LogP contribution in [0.2, 0.25) is 0 Å². The van der Waals surface area contributed by atoms with Crippen LogP contribution in [0.4, 0.5) is 0 Å². The highest BCUT2D eigenvalue weighted by molar-refractivity contribution is 8.26. The van der Waals surface area contributed by atoms with Crippen molar-refractivity contribution in [2.24, 2.45) is 10.7 Å². The van der Waals surface area contributed by atoms with E-state index < -0.39 is 9.05 Å². The first-order valence-corrected chi connectivity index (χ1v) is 9.53. The van der Waals surface area contributed by atoms with Crippen molar-refractivity contribution in [3.63, 3.8) is 0 Å². The monoisotopic (exact) mass is 354 g/mol. The molecule has 0 aromatic heterocycles. The van der Waals surface area contributed by atoms with Crippen molar-refractivity contribution in [2.75, 3.05) is 18.1 Å². The van der Waals surface area contributed by atoms with Gasteiger partial charge in [-0.15, -0.1) is 11.8 Å². The van der Waals surface area contributed by atoms with Crippen LogP contribution >= 0.6 is 24.4 Å². The Morgan fingerprint density at radius 1 is 1.45 bits per heavy atom. The van der Waals surface area contributed by atoms with Gasteiger partial charge in [0.1, 0.15) is 5.84 Å². The van der Waals surface area contributed by atoms with E-state index in [2.05, 4.69) is 60.0 Å². The van der Waals surface area contributed by atoms with Gasteiger partial charge in [0.05, 0.1) is 6.54 Å². The molecule has 0 unspecified atom stereocenters. The predicted molar refractivity (Wildman–Crippen MR) is 93.0 cm³/mol. The zero-order valence-electron chi connectivity index (χ0n) is 10.9. The van der Waals surface area contributed by atoms with E-state index in [-0.39, 0.29) is 0 Å². The molecule has 0 fully saturated rings. The van der Waals surface area contributed by atoms with Crippen LogP contribution in [0.25, 0.3) is 0 Å². The predicted octanol–water partition coefficient (Wildman–Crippen LogP) is 2.05. The summed E-state index contributed by atoms with van der Waals surface area (Å²) in [6.07, 6.45) is 0. The Hall–Kier alpha value is -0.320. The fraction of sp³-hybridized carbons (Fsp3) is 0.364. The van der Waals surface area contributed by atoms with Gasteiger partial charge in [-0.3, -0.25) is 14.1 Å². The lowest BCUT2D eigenvalue weighted by atomic mass is 10.2. The van der Waals surface area contributed by atoms with E-state index in [9.17, 15) is 0 Å². The molecule has 0 saturated carbocycles. The molecule has 5 nitrogen and oxygen atoms in total. The number of nitrogens with zero attached hydrogens (tertiary/aromatic N) is 1. The van der Waals surface area contributed by atoms with Crippen LogP contribution in [0, 0.1) is 6.92 Å². The molecule has 1 aromatic carbocycles. The van der Waals surface area contributed by atoms with E-state index in [0.29, 0.717) is 11.6 Å². The van der Waals surface area contributed by atoms with E-state index in [1.54, 1.807) is 11.8 Å². The Morgan fingerprint density at radius 2 is 1.95 bits per heavy atom. The van der Waals surface area contributed by atoms with Gasteiger partial charge in [-0.1, -0.05) is 17.7 Å². The van der Waals surface area contributed by atoms with E-state index >= 15 is 0 Å². The molecule has 0 amide bonds. The molecular formula is C11H18N2O3S4. The molecule has 0 bridgehead atoms. The number of thioether (sulfide) groups is 1. The number of hydrogen-bond donors (Lipinski definition) is 4. The molecule has 1 rings (SSSR count). The summed E-state index contributed by atoms with van der Waals surface area (Å²) in [5.41, 5.74) is 6.83. The zero-order chi connectivity index (χ0) is 15.6. The number of amidine groups is 1. The first-order chi connectivity index (χ1) is 9.22. The third kappa shape index (κ3) is 14.1. The van der Waals surface area contributed by atoms with Gasteiger partial charge in [-0.05, 0) is 19.1 Å². The minimum Gasteiger partial charge on any atom is -0.387 e. The van der Waals surface area contributed by atoms with Crippen molar-refractivity contribution in [3.05, 3.63) is 29.8 Å². The molecule has 0 atom stereocenters. The van der Waals surface area contributed by atoms with Gasteiger partial charge in [-0.25, -0.2) is 0 Å². The molecular weight excluding hydrogens is 336 g/mol. The van der Waals surface area contributed by atoms with Crippen molar-refractivity contribution in [1.82, 2.24) is 0 Å². The van der Waals surface area contributed by atoms with Crippen molar-refractivity contribution < 1.29 is 13.3 Å². The SMILES string of the molecule is Cc1ccc(SCCN=C(N)CS)cc1.O=S(O)(O)=S. The van der Waals surface area contributed by atoms with Crippen LogP contribution < -0.4 is 5.73 Å². The lowest BCUT2D eigenvalue weighted by Gasteiger charge is -2.00. The Morgan fingerprint density at radius 3 is 2.40 bits per heavy atom. The van der Waals surface area contributed by atoms with Crippen molar-refractivity contribution in [3.8, 4) is 0 Å². The first-order valence-electron chi connectivity index (χ1n) is 5.51. The molecule has 20 heavy (non-hydrogen) atoms. The summed E-state index contributed by atoms with van der Waals surface area (Å²) in [4.78, 5) is 5.45. The summed E-state index contributed by atoms with van der Waals surface area (Å²) >= 11 is 9.30. The lowest BCUT2D eigenvalue weighted by molar-refractivity contribution is 0.450. The normalized spacial score (nSPS) is 11.7. The summed E-state index contributed by atoms with van der Waals surface area (Å²) in [5.74, 6) is 2.11. The van der Waals surface area contributed by atoms with Crippen LogP contribution in [-0.2, 0) is 20.2 Å². The summed E-state index contributed by atoms with van der Waals surface area (Å²) in [6, 6.07) is 8.50. The fourth-order valence-electron chi connectivity index (χ4n) is 1.04. The highest BCUT2D eigenvalue weighted by Crippen LogP contribution is 2.17. The van der Waals surface area contributed by atoms with E-state index in [4.69, 9.17) is 19.0 Å². The highest BCUT2D eigenvalue weighted by Gasteiger charge is 1.93. The Kier molecular flexibility index (Phi) is 10.2. The van der Waals surface area contributed by atoms with Crippen LogP contribution in [-0.4, -0.2) is 37.2 Å². The second-order valence-electron chi connectivity index (χ2n) is 3.64. The second kappa shape index (κ2) is 10.4. The molecule has 0 spiro atoms. The Balaban J connectivity index is 0.000000621. The maximum atomic E-state index is 9.11. The van der Waals surface area contributed by atoms with E-state index in [1.807, 2.05) is 0 Å². The number of aliphatic imine (C=N–C) groups is 1. The number of hydrogen-bond acceptors (Lipinski definition) is 5. The second-order valence-corrected chi connectivity index (χ2v) is 7.32. The van der Waals surface area contributed by atoms with Crippen LogP contribution in [0.5, 0.6) is 0 Å². The third-order valence-electron chi connectivity index (χ3n) is 1.86. The number of thiol groups is 1. The summed E-state index contributed by atoms with van der Waals surface area (Å²) in [7, 11) is -3.83. The van der Waals surface area contributed by atoms with Gasteiger partial charge < -0.3 is 5.73 Å². The minimum absolute atomic E-state index is 0.537. The standard InChI is InChI=1S/C11H16N2S2.H2O3S2/c1-9-2-4-10(5-3-9)15-7-6-13-11(12)8-14;1-5(2,3)4/h2-5,14H,6-8H2,1H3,(H2,12,13);(H2,1,2,3,4). The van der Waals surface area contributed by atoms with Crippen LogP contribution in [0.3, 0.4) is 0 Å². The average molecular weight is 355 g/mol. The minimum atomic E-state index is -3.83. The fourth-order valence-corrected chi connectivity index (χ4v) is 1.88. The van der Waals surface area contributed by atoms with Crippen molar-refractivity contribution in [1.29, 1.82) is 0 Å². The Labute approximate surface area is 134 Å². The van der Waals surface area contributed by atoms with Crippen molar-refractivity contribution in [2.45, 2.75) is 11.8 Å². The molecule has 0 aliphatic carbocycles. The number of aryl methyl sites for hydroxylation is 1. The number of nitrogens with two attached hydrogens (primary N) is 1. The quantitative estimate of drug-likeness (QED) is 0.212. The maximum absolute atomic E-state index is 9.11. The van der Waals surface area contributed by atoms with Gasteiger partial charge >= 0.3 is 0 Å². The molecule has 1 aromatic rings. The van der Waals surface area contributed by atoms with Gasteiger partial charge in [0, 0.05) is 27.6 Å². The lowest BCUT2D eigenvalue weighted by Crippen LogP contribution is -2.14. The van der Waals surface area contributed by atoms with Gasteiger partial charge in [0.15, 0.2) is 0 Å². The summed E-state index contributed by atoms with van der Waals surface area (Å²) in [5, 5.41) is 0. The van der Waals surface area contributed by atoms with Gasteiger partial charge in [-0.2, -0.15) is 16.8 Å². The highest BCUT2D eigenvalue weighted by atomic mass is 32.9. The first kappa shape index (κ1) is 19.7. The number of rotatable bonds is 5. The molecule has 0 heterocycles. The molecule has 0 saturated heterocycles. The molecule has 9 heteroatoms. The van der Waals surface area contributed by atoms with Crippen LogP contribution in [0.15, 0.2) is 34.2 Å².